The van der Waals surface area contributed by atoms with Crippen LogP contribution in [0.25, 0.3) is 0 Å². The van der Waals surface area contributed by atoms with Crippen LogP contribution in [-0.2, 0) is 16.4 Å². The van der Waals surface area contributed by atoms with E-state index in [1.165, 1.54) is 0 Å². The fraction of sp³-hybridized carbons (Fsp3) is 0.533. The molecule has 1 aromatic rings. The lowest BCUT2D eigenvalue weighted by atomic mass is 9.80. The van der Waals surface area contributed by atoms with Gasteiger partial charge in [-0.2, -0.15) is 5.26 Å². The van der Waals surface area contributed by atoms with Crippen molar-refractivity contribution in [1.82, 2.24) is 0 Å². The van der Waals surface area contributed by atoms with E-state index >= 15 is 0 Å². The lowest BCUT2D eigenvalue weighted by Gasteiger charge is -2.43. The van der Waals surface area contributed by atoms with Crippen molar-refractivity contribution < 1.29 is 9.32 Å². The number of benzene rings is 1. The van der Waals surface area contributed by atoms with Gasteiger partial charge in [-0.1, -0.05) is 18.6 Å². The summed E-state index contributed by atoms with van der Waals surface area (Å²) in [5.74, 6) is 0. The fourth-order valence-corrected chi connectivity index (χ4v) is 5.62. The lowest BCUT2D eigenvalue weighted by Crippen LogP contribution is -2.47. The van der Waals surface area contributed by atoms with Gasteiger partial charge in [0.1, 0.15) is 0 Å². The van der Waals surface area contributed by atoms with Crippen LogP contribution in [0.2, 0.25) is 0 Å². The summed E-state index contributed by atoms with van der Waals surface area (Å²) in [4.78, 5) is 0. The lowest BCUT2D eigenvalue weighted by molar-refractivity contribution is 0.00652. The first-order chi connectivity index (χ1) is 9.12. The molecule has 3 rings (SSSR count). The summed E-state index contributed by atoms with van der Waals surface area (Å²) >= 11 is 0. The van der Waals surface area contributed by atoms with Crippen molar-refractivity contribution in [3.05, 3.63) is 35.4 Å². The summed E-state index contributed by atoms with van der Waals surface area (Å²) in [6, 6.07) is 9.32. The SMILES string of the molecule is N#Cc1cccc(C2(O)CC3CCCC(C2)S3=O)c1. The average Bonchev–Trinajstić information content (AvgIpc) is 2.41. The Balaban J connectivity index is 1.95. The Bertz CT molecular complexity index is 548. The zero-order chi connectivity index (χ0) is 13.5. The third-order valence-corrected chi connectivity index (χ3v) is 6.49. The number of fused-ring (bicyclic) bond motifs is 2. The van der Waals surface area contributed by atoms with Gasteiger partial charge in [-0.15, -0.1) is 0 Å². The molecule has 2 unspecified atom stereocenters. The molecule has 19 heavy (non-hydrogen) atoms. The molecule has 0 radical (unpaired) electrons. The maximum Gasteiger partial charge on any atom is 0.0991 e. The van der Waals surface area contributed by atoms with Crippen molar-refractivity contribution in [3.63, 3.8) is 0 Å². The Labute approximate surface area is 115 Å². The van der Waals surface area contributed by atoms with Crippen LogP contribution in [0.15, 0.2) is 24.3 Å². The predicted molar refractivity (Wildman–Crippen MR) is 73.9 cm³/mol. The van der Waals surface area contributed by atoms with Crippen LogP contribution in [0.5, 0.6) is 0 Å². The molecule has 2 heterocycles. The Morgan fingerprint density at radius 3 is 2.63 bits per heavy atom. The Kier molecular flexibility index (Phi) is 3.20. The van der Waals surface area contributed by atoms with Crippen LogP contribution in [-0.4, -0.2) is 19.8 Å². The molecule has 2 saturated heterocycles. The predicted octanol–water partition coefficient (Wildman–Crippen LogP) is 2.21. The van der Waals surface area contributed by atoms with Crippen molar-refractivity contribution in [2.45, 2.75) is 48.2 Å². The molecule has 100 valence electrons. The average molecular weight is 275 g/mol. The van der Waals surface area contributed by atoms with E-state index in [0.29, 0.717) is 18.4 Å². The molecule has 2 fully saturated rings. The van der Waals surface area contributed by atoms with Crippen LogP contribution in [0.4, 0.5) is 0 Å². The first-order valence-corrected chi connectivity index (χ1v) is 8.02. The highest BCUT2D eigenvalue weighted by molar-refractivity contribution is 7.86. The Hall–Kier alpha value is -1.18. The molecular formula is C15H17NO2S. The molecule has 0 saturated carbocycles. The molecule has 0 aliphatic carbocycles. The largest absolute Gasteiger partial charge is 0.385 e. The van der Waals surface area contributed by atoms with Gasteiger partial charge in [0.25, 0.3) is 0 Å². The third-order valence-electron chi connectivity index (χ3n) is 4.37. The zero-order valence-corrected chi connectivity index (χ0v) is 11.5. The van der Waals surface area contributed by atoms with E-state index in [2.05, 4.69) is 6.07 Å². The number of nitrogens with zero attached hydrogens (tertiary/aromatic N) is 1. The van der Waals surface area contributed by atoms with Gasteiger partial charge < -0.3 is 5.11 Å². The number of hydrogen-bond donors (Lipinski definition) is 1. The van der Waals surface area contributed by atoms with Gasteiger partial charge >= 0.3 is 0 Å². The van der Waals surface area contributed by atoms with Gasteiger partial charge in [-0.3, -0.25) is 4.21 Å². The smallest absolute Gasteiger partial charge is 0.0991 e. The highest BCUT2D eigenvalue weighted by Gasteiger charge is 2.46. The third kappa shape index (κ3) is 2.22. The van der Waals surface area contributed by atoms with Crippen LogP contribution in [0.3, 0.4) is 0 Å². The van der Waals surface area contributed by atoms with Gasteiger partial charge in [-0.25, -0.2) is 0 Å². The minimum Gasteiger partial charge on any atom is -0.385 e. The quantitative estimate of drug-likeness (QED) is 0.854. The number of aliphatic hydroxyl groups is 1. The van der Waals surface area contributed by atoms with E-state index in [1.54, 1.807) is 12.1 Å². The van der Waals surface area contributed by atoms with E-state index in [9.17, 15) is 9.32 Å². The molecule has 0 amide bonds. The van der Waals surface area contributed by atoms with Gasteiger partial charge in [0, 0.05) is 21.3 Å². The van der Waals surface area contributed by atoms with E-state index < -0.39 is 16.4 Å². The molecule has 1 N–H and O–H groups in total. The summed E-state index contributed by atoms with van der Waals surface area (Å²) in [6.45, 7) is 0. The molecule has 3 nitrogen and oxygen atoms in total. The standard InChI is InChI=1S/C15H17NO2S/c16-10-11-3-1-4-12(7-11)15(17)8-13-5-2-6-14(9-15)19(13)18/h1,3-4,7,13-14,17H,2,5-6,8-9H2. The van der Waals surface area contributed by atoms with Crippen molar-refractivity contribution in [2.24, 2.45) is 0 Å². The number of rotatable bonds is 1. The topological polar surface area (TPSA) is 61.1 Å². The summed E-state index contributed by atoms with van der Waals surface area (Å²) in [6.07, 6.45) is 4.14. The highest BCUT2D eigenvalue weighted by Crippen LogP contribution is 2.44. The Morgan fingerprint density at radius 2 is 2.00 bits per heavy atom. The minimum absolute atomic E-state index is 0.114. The van der Waals surface area contributed by atoms with E-state index in [1.807, 2.05) is 12.1 Å². The molecule has 2 atom stereocenters. The monoisotopic (exact) mass is 275 g/mol. The van der Waals surface area contributed by atoms with Gasteiger partial charge in [-0.05, 0) is 43.4 Å². The molecule has 0 aromatic heterocycles. The number of hydrogen-bond acceptors (Lipinski definition) is 3. The Morgan fingerprint density at radius 1 is 1.32 bits per heavy atom. The van der Waals surface area contributed by atoms with Crippen LogP contribution >= 0.6 is 0 Å². The maximum atomic E-state index is 12.2. The number of nitriles is 1. The summed E-state index contributed by atoms with van der Waals surface area (Å²) in [7, 11) is -0.788. The second kappa shape index (κ2) is 4.73. The van der Waals surface area contributed by atoms with Crippen molar-refractivity contribution in [3.8, 4) is 6.07 Å². The normalized spacial score (nSPS) is 37.6. The van der Waals surface area contributed by atoms with Gasteiger partial charge in [0.15, 0.2) is 0 Å². The van der Waals surface area contributed by atoms with Crippen molar-refractivity contribution >= 4 is 10.8 Å². The first-order valence-electron chi connectivity index (χ1n) is 6.75. The molecular weight excluding hydrogens is 258 g/mol. The molecule has 4 heteroatoms. The molecule has 2 aliphatic rings. The minimum atomic E-state index is -0.906. The van der Waals surface area contributed by atoms with Gasteiger partial charge in [0.05, 0.1) is 17.2 Å². The second-order valence-electron chi connectivity index (χ2n) is 5.64. The molecule has 0 spiro atoms. The molecule has 1 aromatic carbocycles. The van der Waals surface area contributed by atoms with Gasteiger partial charge in [0.2, 0.25) is 0 Å². The summed E-state index contributed by atoms with van der Waals surface area (Å²) in [5.41, 5.74) is 0.471. The van der Waals surface area contributed by atoms with Crippen LogP contribution in [0.1, 0.15) is 43.2 Å². The van der Waals surface area contributed by atoms with E-state index in [0.717, 1.165) is 24.8 Å². The molecule has 2 bridgehead atoms. The summed E-state index contributed by atoms with van der Waals surface area (Å²) in [5, 5.41) is 20.1. The zero-order valence-electron chi connectivity index (χ0n) is 10.7. The van der Waals surface area contributed by atoms with Crippen LogP contribution in [0, 0.1) is 11.3 Å². The highest BCUT2D eigenvalue weighted by atomic mass is 32.2. The fourth-order valence-electron chi connectivity index (χ4n) is 3.40. The van der Waals surface area contributed by atoms with Crippen LogP contribution < -0.4 is 0 Å². The summed E-state index contributed by atoms with van der Waals surface area (Å²) < 4.78 is 12.2. The molecule has 2 aliphatic heterocycles. The van der Waals surface area contributed by atoms with E-state index in [-0.39, 0.29) is 10.5 Å². The first kappa shape index (κ1) is 12.8. The second-order valence-corrected chi connectivity index (χ2v) is 7.63. The van der Waals surface area contributed by atoms with Crippen molar-refractivity contribution in [2.75, 3.05) is 0 Å². The maximum absolute atomic E-state index is 12.2. The van der Waals surface area contributed by atoms with E-state index in [4.69, 9.17) is 5.26 Å². The van der Waals surface area contributed by atoms with Crippen molar-refractivity contribution in [1.29, 1.82) is 5.26 Å².